The van der Waals surface area contributed by atoms with Gasteiger partial charge in [0.05, 0.1) is 7.11 Å². The highest BCUT2D eigenvalue weighted by atomic mass is 19.3. The molecule has 1 rings (SSSR count). The molecule has 0 saturated carbocycles. The van der Waals surface area contributed by atoms with E-state index in [1.807, 2.05) is 0 Å². The molecule has 0 saturated heterocycles. The van der Waals surface area contributed by atoms with E-state index < -0.39 is 18.0 Å². The van der Waals surface area contributed by atoms with Crippen LogP contribution in [-0.4, -0.2) is 18.1 Å². The number of hydrogen-bond acceptors (Lipinski definition) is 5. The third-order valence-corrected chi connectivity index (χ3v) is 2.15. The van der Waals surface area contributed by atoms with Gasteiger partial charge in [-0.05, 0) is 5.56 Å². The minimum absolute atomic E-state index is 0.113. The fraction of sp³-hybridized carbons (Fsp3) is 0.300. The number of pyridine rings is 1. The molecule has 0 fully saturated rings. The number of rotatable bonds is 3. The Morgan fingerprint density at radius 2 is 2.35 bits per heavy atom. The summed E-state index contributed by atoms with van der Waals surface area (Å²) in [4.78, 5) is 14.9. The van der Waals surface area contributed by atoms with Gasteiger partial charge in [0.25, 0.3) is 6.43 Å². The van der Waals surface area contributed by atoms with Gasteiger partial charge in [-0.25, -0.2) is 18.6 Å². The Hall–Kier alpha value is -2.07. The molecule has 0 bridgehead atoms. The summed E-state index contributed by atoms with van der Waals surface area (Å²) in [7, 11) is 1.08. The molecule has 0 aliphatic carbocycles. The van der Waals surface area contributed by atoms with Crippen LogP contribution in [0.5, 0.6) is 0 Å². The highest BCUT2D eigenvalue weighted by Gasteiger charge is 2.24. The minimum Gasteiger partial charge on any atom is -0.465 e. The summed E-state index contributed by atoms with van der Waals surface area (Å²) in [6.45, 7) is -0.304. The number of carbonyl (C=O) groups is 1. The zero-order valence-electron chi connectivity index (χ0n) is 8.91. The third kappa shape index (κ3) is 2.37. The second-order valence-corrected chi connectivity index (χ2v) is 3.02. The molecule has 5 nitrogen and oxygen atoms in total. The minimum atomic E-state index is -2.82. The zero-order chi connectivity index (χ0) is 13.0. The summed E-state index contributed by atoms with van der Waals surface area (Å²) in [5.74, 6) is -0.906. The van der Waals surface area contributed by atoms with Crippen molar-refractivity contribution in [2.24, 2.45) is 5.73 Å². The number of hydrogen-bond donors (Lipinski definition) is 1. The van der Waals surface area contributed by atoms with Crippen LogP contribution in [0.15, 0.2) is 6.20 Å². The van der Waals surface area contributed by atoms with Crippen LogP contribution in [0.2, 0.25) is 0 Å². The number of halogens is 2. The lowest BCUT2D eigenvalue weighted by Crippen LogP contribution is -2.15. The Kier molecular flexibility index (Phi) is 4.06. The predicted molar refractivity (Wildman–Crippen MR) is 53.1 cm³/mol. The van der Waals surface area contributed by atoms with E-state index in [-0.39, 0.29) is 23.4 Å². The number of nitriles is 1. The molecular weight excluding hydrogens is 232 g/mol. The van der Waals surface area contributed by atoms with Crippen LogP contribution >= 0.6 is 0 Å². The summed E-state index contributed by atoms with van der Waals surface area (Å²) in [5.41, 5.74) is 4.18. The number of carbonyl (C=O) groups excluding carboxylic acids is 1. The van der Waals surface area contributed by atoms with E-state index in [1.165, 1.54) is 0 Å². The maximum atomic E-state index is 12.7. The number of nitrogens with two attached hydrogens (primary N) is 1. The molecule has 2 N–H and O–H groups in total. The first kappa shape index (κ1) is 13.0. The van der Waals surface area contributed by atoms with Crippen molar-refractivity contribution in [3.05, 3.63) is 28.6 Å². The van der Waals surface area contributed by atoms with E-state index >= 15 is 0 Å². The third-order valence-electron chi connectivity index (χ3n) is 2.15. The summed E-state index contributed by atoms with van der Waals surface area (Å²) in [6.07, 6.45) is -1.98. The van der Waals surface area contributed by atoms with Gasteiger partial charge in [0.1, 0.15) is 11.6 Å². The average molecular weight is 241 g/mol. The highest BCUT2D eigenvalue weighted by Crippen LogP contribution is 2.26. The lowest BCUT2D eigenvalue weighted by molar-refractivity contribution is 0.0598. The molecule has 0 aliphatic rings. The number of aromatic nitrogens is 1. The van der Waals surface area contributed by atoms with Crippen molar-refractivity contribution in [2.75, 3.05) is 7.11 Å². The molecule has 0 radical (unpaired) electrons. The van der Waals surface area contributed by atoms with E-state index in [0.717, 1.165) is 13.3 Å². The monoisotopic (exact) mass is 241 g/mol. The van der Waals surface area contributed by atoms with E-state index in [4.69, 9.17) is 11.0 Å². The number of methoxy groups -OCH3 is 1. The van der Waals surface area contributed by atoms with Gasteiger partial charge < -0.3 is 10.5 Å². The van der Waals surface area contributed by atoms with E-state index in [9.17, 15) is 13.6 Å². The van der Waals surface area contributed by atoms with E-state index in [0.29, 0.717) is 0 Å². The van der Waals surface area contributed by atoms with Crippen LogP contribution in [0.3, 0.4) is 0 Å². The Bertz CT molecular complexity index is 483. The van der Waals surface area contributed by atoms with Crippen LogP contribution in [0, 0.1) is 11.3 Å². The number of alkyl halides is 2. The first-order chi connectivity index (χ1) is 8.06. The van der Waals surface area contributed by atoms with Crippen LogP contribution in [0.4, 0.5) is 8.78 Å². The van der Waals surface area contributed by atoms with Crippen molar-refractivity contribution in [2.45, 2.75) is 13.0 Å². The molecule has 0 amide bonds. The zero-order valence-corrected chi connectivity index (χ0v) is 8.91. The van der Waals surface area contributed by atoms with Crippen molar-refractivity contribution in [1.29, 1.82) is 5.26 Å². The SMILES string of the molecule is COC(=O)c1c(C#N)ncc(C(F)F)c1CN. The Morgan fingerprint density at radius 1 is 1.71 bits per heavy atom. The van der Waals surface area contributed by atoms with Gasteiger partial charge in [0.15, 0.2) is 5.69 Å². The Labute approximate surface area is 95.8 Å². The number of esters is 1. The lowest BCUT2D eigenvalue weighted by Gasteiger charge is -2.11. The first-order valence-corrected chi connectivity index (χ1v) is 4.55. The van der Waals surface area contributed by atoms with Gasteiger partial charge in [-0.1, -0.05) is 0 Å². The standard InChI is InChI=1S/C10H9F2N3O2/c1-17-10(16)8-5(2-13)6(9(11)12)4-15-7(8)3-14/h4,9H,2,13H2,1H3. The molecule has 0 spiro atoms. The summed E-state index contributed by atoms with van der Waals surface area (Å²) < 4.78 is 29.8. The fourth-order valence-corrected chi connectivity index (χ4v) is 1.38. The Balaban J connectivity index is 3.56. The van der Waals surface area contributed by atoms with Crippen LogP contribution in [0.25, 0.3) is 0 Å². The molecule has 90 valence electrons. The second-order valence-electron chi connectivity index (χ2n) is 3.02. The van der Waals surface area contributed by atoms with E-state index in [1.54, 1.807) is 6.07 Å². The quantitative estimate of drug-likeness (QED) is 0.801. The summed E-state index contributed by atoms with van der Waals surface area (Å²) in [5, 5.41) is 8.76. The van der Waals surface area contributed by atoms with Crippen molar-refractivity contribution in [3.8, 4) is 6.07 Å². The largest absolute Gasteiger partial charge is 0.465 e. The Morgan fingerprint density at radius 3 is 2.76 bits per heavy atom. The molecule has 1 heterocycles. The van der Waals surface area contributed by atoms with Crippen LogP contribution in [-0.2, 0) is 11.3 Å². The van der Waals surface area contributed by atoms with Crippen molar-refractivity contribution < 1.29 is 18.3 Å². The molecule has 1 aromatic rings. The highest BCUT2D eigenvalue weighted by molar-refractivity contribution is 5.93. The molecule has 0 atom stereocenters. The van der Waals surface area contributed by atoms with Gasteiger partial charge in [-0.3, -0.25) is 0 Å². The van der Waals surface area contributed by atoms with E-state index in [2.05, 4.69) is 9.72 Å². The smallest absolute Gasteiger partial charge is 0.341 e. The maximum Gasteiger partial charge on any atom is 0.341 e. The molecule has 7 heteroatoms. The van der Waals surface area contributed by atoms with Gasteiger partial charge in [0, 0.05) is 18.3 Å². The average Bonchev–Trinajstić information content (AvgIpc) is 2.35. The van der Waals surface area contributed by atoms with Gasteiger partial charge >= 0.3 is 5.97 Å². The van der Waals surface area contributed by atoms with Gasteiger partial charge in [-0.15, -0.1) is 0 Å². The molecule has 0 aromatic carbocycles. The van der Waals surface area contributed by atoms with Crippen LogP contribution < -0.4 is 5.73 Å². The first-order valence-electron chi connectivity index (χ1n) is 4.55. The molecule has 1 aromatic heterocycles. The molecule has 17 heavy (non-hydrogen) atoms. The molecule has 0 unspecified atom stereocenters. The van der Waals surface area contributed by atoms with Gasteiger partial charge in [0.2, 0.25) is 0 Å². The summed E-state index contributed by atoms with van der Waals surface area (Å²) >= 11 is 0. The van der Waals surface area contributed by atoms with Crippen molar-refractivity contribution >= 4 is 5.97 Å². The predicted octanol–water partition coefficient (Wildman–Crippen LogP) is 1.14. The van der Waals surface area contributed by atoms with Crippen molar-refractivity contribution in [3.63, 3.8) is 0 Å². The summed E-state index contributed by atoms with van der Waals surface area (Å²) in [6, 6.07) is 1.64. The number of nitrogens with zero attached hydrogens (tertiary/aromatic N) is 2. The molecular formula is C10H9F2N3O2. The van der Waals surface area contributed by atoms with Gasteiger partial charge in [-0.2, -0.15) is 5.26 Å². The normalized spacial score (nSPS) is 10.1. The topological polar surface area (TPSA) is 89.0 Å². The van der Waals surface area contributed by atoms with Crippen molar-refractivity contribution in [1.82, 2.24) is 4.98 Å². The second kappa shape index (κ2) is 5.32. The lowest BCUT2D eigenvalue weighted by atomic mass is 10.0. The molecule has 0 aliphatic heterocycles. The van der Waals surface area contributed by atoms with Crippen LogP contribution in [0.1, 0.15) is 33.6 Å². The number of ether oxygens (including phenoxy) is 1. The maximum absolute atomic E-state index is 12.7. The fourth-order valence-electron chi connectivity index (χ4n) is 1.38.